The Labute approximate surface area is 134 Å². The summed E-state index contributed by atoms with van der Waals surface area (Å²) in [5, 5.41) is 3.26. The van der Waals surface area contributed by atoms with Crippen LogP contribution in [0.4, 0.5) is 15.8 Å². The molecule has 2 aromatic rings. The molecule has 0 aromatic heterocycles. The standard InChI is InChI=1S/C18H17FN2O2/c1-2-9-21-16-8-7-15(10-17(16)23-12-18(21)22)20-11-13-3-5-14(19)6-4-13/h2-8,10,20H,1,9,11-12H2. The summed E-state index contributed by atoms with van der Waals surface area (Å²) in [6, 6.07) is 12.0. The van der Waals surface area contributed by atoms with Crippen LogP contribution < -0.4 is 15.0 Å². The highest BCUT2D eigenvalue weighted by atomic mass is 19.1. The molecule has 0 saturated carbocycles. The molecule has 4 nitrogen and oxygen atoms in total. The molecular formula is C18H17FN2O2. The third kappa shape index (κ3) is 3.34. The number of hydrogen-bond acceptors (Lipinski definition) is 3. The first-order valence-electron chi connectivity index (χ1n) is 7.34. The molecule has 0 atom stereocenters. The van der Waals surface area contributed by atoms with E-state index in [9.17, 15) is 9.18 Å². The lowest BCUT2D eigenvalue weighted by Crippen LogP contribution is -2.38. The minimum atomic E-state index is -0.247. The van der Waals surface area contributed by atoms with Crippen LogP contribution in [0.3, 0.4) is 0 Å². The smallest absolute Gasteiger partial charge is 0.265 e. The maximum atomic E-state index is 12.9. The average Bonchev–Trinajstić information content (AvgIpc) is 2.57. The van der Waals surface area contributed by atoms with Gasteiger partial charge in [-0.3, -0.25) is 4.79 Å². The van der Waals surface area contributed by atoms with E-state index >= 15 is 0 Å². The number of halogens is 1. The van der Waals surface area contributed by atoms with Crippen LogP contribution in [0.1, 0.15) is 5.56 Å². The molecule has 0 fully saturated rings. The van der Waals surface area contributed by atoms with Crippen molar-refractivity contribution >= 4 is 17.3 Å². The van der Waals surface area contributed by atoms with Crippen LogP contribution in [-0.4, -0.2) is 19.1 Å². The summed E-state index contributed by atoms with van der Waals surface area (Å²) in [4.78, 5) is 13.5. The third-order valence-corrected chi connectivity index (χ3v) is 3.62. The fourth-order valence-electron chi connectivity index (χ4n) is 2.45. The van der Waals surface area contributed by atoms with Gasteiger partial charge in [-0.2, -0.15) is 0 Å². The van der Waals surface area contributed by atoms with Crippen molar-refractivity contribution < 1.29 is 13.9 Å². The number of amides is 1. The topological polar surface area (TPSA) is 41.6 Å². The molecule has 0 spiro atoms. The van der Waals surface area contributed by atoms with Gasteiger partial charge in [-0.1, -0.05) is 18.2 Å². The fourth-order valence-corrected chi connectivity index (χ4v) is 2.45. The van der Waals surface area contributed by atoms with Gasteiger partial charge in [-0.15, -0.1) is 6.58 Å². The van der Waals surface area contributed by atoms with Crippen molar-refractivity contribution in [2.75, 3.05) is 23.4 Å². The van der Waals surface area contributed by atoms with Crippen LogP contribution in [0.2, 0.25) is 0 Å². The van der Waals surface area contributed by atoms with Gasteiger partial charge in [0.2, 0.25) is 0 Å². The highest BCUT2D eigenvalue weighted by molar-refractivity contribution is 5.98. The molecule has 0 aliphatic carbocycles. The lowest BCUT2D eigenvalue weighted by atomic mass is 10.2. The summed E-state index contributed by atoms with van der Waals surface area (Å²) in [6.07, 6.45) is 1.69. The molecule has 118 valence electrons. The van der Waals surface area contributed by atoms with E-state index in [0.717, 1.165) is 16.9 Å². The first kappa shape index (κ1) is 15.1. The van der Waals surface area contributed by atoms with Gasteiger partial charge >= 0.3 is 0 Å². The van der Waals surface area contributed by atoms with Crippen molar-refractivity contribution in [3.8, 4) is 5.75 Å². The molecule has 1 amide bonds. The number of anilines is 2. The Bertz CT molecular complexity index is 728. The quantitative estimate of drug-likeness (QED) is 0.861. The minimum Gasteiger partial charge on any atom is -0.481 e. The highest BCUT2D eigenvalue weighted by Gasteiger charge is 2.24. The molecule has 0 radical (unpaired) electrons. The lowest BCUT2D eigenvalue weighted by Gasteiger charge is -2.28. The lowest BCUT2D eigenvalue weighted by molar-refractivity contribution is -0.121. The van der Waals surface area contributed by atoms with Crippen molar-refractivity contribution in [2.24, 2.45) is 0 Å². The molecule has 3 rings (SSSR count). The van der Waals surface area contributed by atoms with Crippen LogP contribution in [0, 0.1) is 5.82 Å². The molecule has 1 heterocycles. The number of nitrogens with one attached hydrogen (secondary N) is 1. The van der Waals surface area contributed by atoms with Crippen molar-refractivity contribution in [1.29, 1.82) is 0 Å². The molecule has 1 N–H and O–H groups in total. The molecule has 0 saturated heterocycles. The number of hydrogen-bond donors (Lipinski definition) is 1. The second kappa shape index (κ2) is 6.52. The fraction of sp³-hybridized carbons (Fsp3) is 0.167. The van der Waals surface area contributed by atoms with E-state index < -0.39 is 0 Å². The number of benzene rings is 2. The van der Waals surface area contributed by atoms with Gasteiger partial charge in [0.1, 0.15) is 11.6 Å². The number of carbonyl (C=O) groups excluding carboxylic acids is 1. The Hall–Kier alpha value is -2.82. The van der Waals surface area contributed by atoms with Gasteiger partial charge in [-0.05, 0) is 29.8 Å². The zero-order valence-corrected chi connectivity index (χ0v) is 12.6. The van der Waals surface area contributed by atoms with E-state index in [4.69, 9.17) is 4.74 Å². The van der Waals surface area contributed by atoms with E-state index in [1.807, 2.05) is 18.2 Å². The molecule has 0 unspecified atom stereocenters. The zero-order valence-electron chi connectivity index (χ0n) is 12.6. The Morgan fingerprint density at radius 2 is 2.04 bits per heavy atom. The van der Waals surface area contributed by atoms with E-state index in [0.29, 0.717) is 18.8 Å². The first-order valence-corrected chi connectivity index (χ1v) is 7.34. The average molecular weight is 312 g/mol. The van der Waals surface area contributed by atoms with Gasteiger partial charge < -0.3 is 15.0 Å². The van der Waals surface area contributed by atoms with Gasteiger partial charge in [0.05, 0.1) is 5.69 Å². The van der Waals surface area contributed by atoms with E-state index in [1.54, 1.807) is 23.1 Å². The third-order valence-electron chi connectivity index (χ3n) is 3.62. The predicted molar refractivity (Wildman–Crippen MR) is 88.2 cm³/mol. The normalized spacial score (nSPS) is 13.3. The number of fused-ring (bicyclic) bond motifs is 1. The Morgan fingerprint density at radius 3 is 2.78 bits per heavy atom. The molecule has 0 bridgehead atoms. The SMILES string of the molecule is C=CCN1C(=O)COc2cc(NCc3ccc(F)cc3)ccc21. The number of nitrogens with zero attached hydrogens (tertiary/aromatic N) is 1. The zero-order chi connectivity index (χ0) is 16.2. The van der Waals surface area contributed by atoms with Crippen LogP contribution >= 0.6 is 0 Å². The number of ether oxygens (including phenoxy) is 1. The second-order valence-corrected chi connectivity index (χ2v) is 5.24. The Kier molecular flexibility index (Phi) is 4.28. The second-order valence-electron chi connectivity index (χ2n) is 5.24. The monoisotopic (exact) mass is 312 g/mol. The van der Waals surface area contributed by atoms with Crippen molar-refractivity contribution in [1.82, 2.24) is 0 Å². The number of rotatable bonds is 5. The summed E-state index contributed by atoms with van der Waals surface area (Å²) in [7, 11) is 0. The van der Waals surface area contributed by atoms with Gasteiger partial charge in [-0.25, -0.2) is 4.39 Å². The number of carbonyl (C=O) groups is 1. The molecule has 23 heavy (non-hydrogen) atoms. The van der Waals surface area contributed by atoms with Gasteiger partial charge in [0.25, 0.3) is 5.91 Å². The predicted octanol–water partition coefficient (Wildman–Crippen LogP) is 3.35. The van der Waals surface area contributed by atoms with Crippen LogP contribution in [-0.2, 0) is 11.3 Å². The minimum absolute atomic E-state index is 0.0300. The first-order chi connectivity index (χ1) is 11.2. The van der Waals surface area contributed by atoms with Crippen molar-refractivity contribution in [3.05, 3.63) is 66.5 Å². The largest absolute Gasteiger partial charge is 0.481 e. The summed E-state index contributed by atoms with van der Waals surface area (Å²) in [5.41, 5.74) is 2.60. The van der Waals surface area contributed by atoms with E-state index in [-0.39, 0.29) is 18.3 Å². The Balaban J connectivity index is 1.74. The summed E-state index contributed by atoms with van der Waals surface area (Å²) in [6.45, 7) is 4.74. The maximum Gasteiger partial charge on any atom is 0.265 e. The summed E-state index contributed by atoms with van der Waals surface area (Å²) < 4.78 is 18.4. The van der Waals surface area contributed by atoms with Crippen molar-refractivity contribution in [3.63, 3.8) is 0 Å². The Morgan fingerprint density at radius 1 is 1.26 bits per heavy atom. The summed E-state index contributed by atoms with van der Waals surface area (Å²) in [5.74, 6) is 0.336. The van der Waals surface area contributed by atoms with E-state index in [1.165, 1.54) is 12.1 Å². The molecule has 1 aliphatic rings. The molecule has 1 aliphatic heterocycles. The summed E-state index contributed by atoms with van der Waals surface area (Å²) >= 11 is 0. The van der Waals surface area contributed by atoms with Crippen LogP contribution in [0.15, 0.2) is 55.1 Å². The van der Waals surface area contributed by atoms with Crippen LogP contribution in [0.5, 0.6) is 5.75 Å². The maximum absolute atomic E-state index is 12.9. The van der Waals surface area contributed by atoms with Crippen LogP contribution in [0.25, 0.3) is 0 Å². The van der Waals surface area contributed by atoms with Crippen molar-refractivity contribution in [2.45, 2.75) is 6.54 Å². The van der Waals surface area contributed by atoms with Gasteiger partial charge in [0, 0.05) is 24.8 Å². The molecular weight excluding hydrogens is 295 g/mol. The van der Waals surface area contributed by atoms with Gasteiger partial charge in [0.15, 0.2) is 6.61 Å². The highest BCUT2D eigenvalue weighted by Crippen LogP contribution is 2.34. The van der Waals surface area contributed by atoms with E-state index in [2.05, 4.69) is 11.9 Å². The molecule has 2 aromatic carbocycles. The molecule has 5 heteroatoms.